The maximum Gasteiger partial charge on any atom is 0.254 e. The molecule has 0 spiro atoms. The number of carbonyl (C=O) groups excluding carboxylic acids is 1. The number of hydrogen-bond acceptors (Lipinski definition) is 4. The summed E-state index contributed by atoms with van der Waals surface area (Å²) in [6.45, 7) is 0.427. The van der Waals surface area contributed by atoms with Crippen LogP contribution in [0.5, 0.6) is 0 Å². The van der Waals surface area contributed by atoms with Crippen molar-refractivity contribution >= 4 is 11.7 Å². The molecule has 5 heteroatoms. The molecule has 0 radical (unpaired) electrons. The van der Waals surface area contributed by atoms with Gasteiger partial charge in [-0.05, 0) is 29.8 Å². The Morgan fingerprint density at radius 2 is 2.20 bits per heavy atom. The average Bonchev–Trinajstić information content (AvgIpc) is 2.46. The van der Waals surface area contributed by atoms with E-state index >= 15 is 0 Å². The lowest BCUT2D eigenvalue weighted by Crippen LogP contribution is -2.26. The van der Waals surface area contributed by atoms with E-state index < -0.39 is 0 Å². The standard InChI is InChI=1S/C15H14N4O/c1-19(10-12-4-2-3-11(7-12)9-16)15(20)13-5-6-18-14(17)8-13/h2-8H,10H2,1H3,(H2,17,18). The second-order valence-electron chi connectivity index (χ2n) is 4.44. The number of hydrogen-bond donors (Lipinski definition) is 1. The number of nitrogen functional groups attached to an aromatic ring is 1. The molecule has 1 aromatic heterocycles. The Hall–Kier alpha value is -2.87. The molecule has 0 fully saturated rings. The van der Waals surface area contributed by atoms with Gasteiger partial charge in [0.2, 0.25) is 0 Å². The smallest absolute Gasteiger partial charge is 0.254 e. The Morgan fingerprint density at radius 3 is 2.90 bits per heavy atom. The van der Waals surface area contributed by atoms with Gasteiger partial charge in [0.05, 0.1) is 11.6 Å². The number of nitrogens with two attached hydrogens (primary N) is 1. The van der Waals surface area contributed by atoms with Crippen LogP contribution in [-0.2, 0) is 6.54 Å². The number of nitriles is 1. The topological polar surface area (TPSA) is 83.0 Å². The second kappa shape index (κ2) is 5.85. The fourth-order valence-corrected chi connectivity index (χ4v) is 1.89. The van der Waals surface area contributed by atoms with Crippen LogP contribution in [0.15, 0.2) is 42.6 Å². The summed E-state index contributed by atoms with van der Waals surface area (Å²) in [7, 11) is 1.71. The zero-order chi connectivity index (χ0) is 14.5. The lowest BCUT2D eigenvalue weighted by Gasteiger charge is -2.17. The van der Waals surface area contributed by atoms with Crippen molar-refractivity contribution in [3.8, 4) is 6.07 Å². The highest BCUT2D eigenvalue weighted by Crippen LogP contribution is 2.11. The fourth-order valence-electron chi connectivity index (χ4n) is 1.89. The van der Waals surface area contributed by atoms with E-state index in [1.165, 1.54) is 6.20 Å². The molecule has 2 aromatic rings. The van der Waals surface area contributed by atoms with Gasteiger partial charge in [-0.25, -0.2) is 4.98 Å². The zero-order valence-corrected chi connectivity index (χ0v) is 11.1. The summed E-state index contributed by atoms with van der Waals surface area (Å²) in [4.78, 5) is 17.7. The van der Waals surface area contributed by atoms with Gasteiger partial charge in [-0.3, -0.25) is 4.79 Å². The second-order valence-corrected chi connectivity index (χ2v) is 4.44. The summed E-state index contributed by atoms with van der Waals surface area (Å²) in [5.41, 5.74) is 7.55. The fraction of sp³-hybridized carbons (Fsp3) is 0.133. The van der Waals surface area contributed by atoms with Crippen molar-refractivity contribution in [2.24, 2.45) is 0 Å². The zero-order valence-electron chi connectivity index (χ0n) is 11.1. The van der Waals surface area contributed by atoms with Gasteiger partial charge in [0.1, 0.15) is 5.82 Å². The Labute approximate surface area is 117 Å². The molecule has 0 atom stereocenters. The molecule has 0 aliphatic carbocycles. The van der Waals surface area contributed by atoms with Crippen LogP contribution in [-0.4, -0.2) is 22.8 Å². The van der Waals surface area contributed by atoms with Crippen molar-refractivity contribution in [1.29, 1.82) is 5.26 Å². The monoisotopic (exact) mass is 266 g/mol. The quantitative estimate of drug-likeness (QED) is 0.918. The first-order chi connectivity index (χ1) is 9.60. The molecule has 0 aliphatic heterocycles. The van der Waals surface area contributed by atoms with Crippen molar-refractivity contribution in [2.75, 3.05) is 12.8 Å². The van der Waals surface area contributed by atoms with Gasteiger partial charge in [-0.15, -0.1) is 0 Å². The SMILES string of the molecule is CN(Cc1cccc(C#N)c1)C(=O)c1ccnc(N)c1. The molecule has 2 rings (SSSR count). The van der Waals surface area contributed by atoms with Crippen molar-refractivity contribution in [3.63, 3.8) is 0 Å². The molecular weight excluding hydrogens is 252 g/mol. The third-order valence-electron chi connectivity index (χ3n) is 2.85. The van der Waals surface area contributed by atoms with E-state index in [0.717, 1.165) is 5.56 Å². The number of pyridine rings is 1. The van der Waals surface area contributed by atoms with Crippen LogP contribution >= 0.6 is 0 Å². The van der Waals surface area contributed by atoms with Crippen LogP contribution in [0.4, 0.5) is 5.82 Å². The van der Waals surface area contributed by atoms with Gasteiger partial charge in [0.25, 0.3) is 5.91 Å². The minimum atomic E-state index is -0.138. The number of anilines is 1. The Morgan fingerprint density at radius 1 is 1.40 bits per heavy atom. The van der Waals surface area contributed by atoms with Crippen LogP contribution in [0.3, 0.4) is 0 Å². The molecule has 0 bridgehead atoms. The number of carbonyl (C=O) groups is 1. The van der Waals surface area contributed by atoms with E-state index in [0.29, 0.717) is 23.5 Å². The predicted octanol–water partition coefficient (Wildman–Crippen LogP) is 1.81. The first-order valence-electron chi connectivity index (χ1n) is 6.06. The van der Waals surface area contributed by atoms with E-state index in [9.17, 15) is 4.79 Å². The van der Waals surface area contributed by atoms with Gasteiger partial charge in [-0.2, -0.15) is 5.26 Å². The molecule has 2 N–H and O–H groups in total. The summed E-state index contributed by atoms with van der Waals surface area (Å²) in [6, 6.07) is 12.4. The van der Waals surface area contributed by atoms with Crippen molar-refractivity contribution < 1.29 is 4.79 Å². The van der Waals surface area contributed by atoms with Gasteiger partial charge >= 0.3 is 0 Å². The molecule has 20 heavy (non-hydrogen) atoms. The van der Waals surface area contributed by atoms with Crippen molar-refractivity contribution in [2.45, 2.75) is 6.54 Å². The highest BCUT2D eigenvalue weighted by Gasteiger charge is 2.12. The molecule has 0 saturated carbocycles. The molecule has 1 aromatic carbocycles. The molecular formula is C15H14N4O. The lowest BCUT2D eigenvalue weighted by molar-refractivity contribution is 0.0785. The third kappa shape index (κ3) is 3.12. The van der Waals surface area contributed by atoms with Crippen LogP contribution in [0.25, 0.3) is 0 Å². The maximum absolute atomic E-state index is 12.2. The van der Waals surface area contributed by atoms with Crippen LogP contribution in [0, 0.1) is 11.3 Å². The highest BCUT2D eigenvalue weighted by molar-refractivity contribution is 5.94. The summed E-state index contributed by atoms with van der Waals surface area (Å²) in [5.74, 6) is 0.178. The summed E-state index contributed by atoms with van der Waals surface area (Å²) in [6.07, 6.45) is 1.51. The normalized spacial score (nSPS) is 9.80. The van der Waals surface area contributed by atoms with Gasteiger partial charge in [0.15, 0.2) is 0 Å². The molecule has 0 unspecified atom stereocenters. The van der Waals surface area contributed by atoms with Crippen LogP contribution < -0.4 is 5.73 Å². The number of rotatable bonds is 3. The van der Waals surface area contributed by atoms with E-state index in [1.807, 2.05) is 6.07 Å². The van der Waals surface area contributed by atoms with Crippen molar-refractivity contribution in [1.82, 2.24) is 9.88 Å². The number of benzene rings is 1. The molecule has 100 valence electrons. The molecule has 1 amide bonds. The number of amides is 1. The van der Waals surface area contributed by atoms with Crippen LogP contribution in [0.1, 0.15) is 21.5 Å². The molecule has 5 nitrogen and oxygen atoms in total. The maximum atomic E-state index is 12.2. The summed E-state index contributed by atoms with van der Waals surface area (Å²) >= 11 is 0. The Balaban J connectivity index is 2.13. The highest BCUT2D eigenvalue weighted by atomic mass is 16.2. The number of aromatic nitrogens is 1. The summed E-state index contributed by atoms with van der Waals surface area (Å²) < 4.78 is 0. The van der Waals surface area contributed by atoms with E-state index in [1.54, 1.807) is 42.3 Å². The molecule has 0 aliphatic rings. The van der Waals surface area contributed by atoms with Gasteiger partial charge in [-0.1, -0.05) is 12.1 Å². The largest absolute Gasteiger partial charge is 0.384 e. The Kier molecular flexibility index (Phi) is 3.96. The Bertz CT molecular complexity index is 676. The van der Waals surface area contributed by atoms with Crippen LogP contribution in [0.2, 0.25) is 0 Å². The molecule has 1 heterocycles. The average molecular weight is 266 g/mol. The molecule has 0 saturated heterocycles. The third-order valence-corrected chi connectivity index (χ3v) is 2.85. The van der Waals surface area contributed by atoms with E-state index in [-0.39, 0.29) is 5.91 Å². The van der Waals surface area contributed by atoms with E-state index in [4.69, 9.17) is 11.0 Å². The predicted molar refractivity (Wildman–Crippen MR) is 75.6 cm³/mol. The first-order valence-corrected chi connectivity index (χ1v) is 6.06. The minimum absolute atomic E-state index is 0.138. The summed E-state index contributed by atoms with van der Waals surface area (Å²) in [5, 5.41) is 8.86. The first kappa shape index (κ1) is 13.6. The lowest BCUT2D eigenvalue weighted by atomic mass is 10.1. The van der Waals surface area contributed by atoms with Gasteiger partial charge < -0.3 is 10.6 Å². The number of nitrogens with zero attached hydrogens (tertiary/aromatic N) is 3. The van der Waals surface area contributed by atoms with Gasteiger partial charge in [0, 0.05) is 25.4 Å². The minimum Gasteiger partial charge on any atom is -0.384 e. The van der Waals surface area contributed by atoms with E-state index in [2.05, 4.69) is 11.1 Å². The van der Waals surface area contributed by atoms with Crippen molar-refractivity contribution in [3.05, 3.63) is 59.3 Å².